The highest BCUT2D eigenvalue weighted by Crippen LogP contribution is 2.50. The first-order valence-corrected chi connectivity index (χ1v) is 16.0. The maximum Gasteiger partial charge on any atom is 0.242 e. The normalized spacial score (nSPS) is 15.5. The van der Waals surface area contributed by atoms with Gasteiger partial charge in [0.05, 0.1) is 39.6 Å². The lowest BCUT2D eigenvalue weighted by atomic mass is 9.95. The molecule has 12 heteroatoms. The monoisotopic (exact) mass is 661 g/mol. The quantitative estimate of drug-likeness (QED) is 0.222. The largest absolute Gasteiger partial charge is 0.493 e. The summed E-state index contributed by atoms with van der Waals surface area (Å²) in [6.07, 6.45) is 1.82. The van der Waals surface area contributed by atoms with E-state index in [0.29, 0.717) is 64.9 Å². The SMILES string of the molecule is CC[C@@H](C)[C@H](Nc1ccc2c(cc1=O)[C@@H](NC(C)=O)CCc1cc(OC)c(OC)c(OC)c1-2)C(=O)NCCOc1ccc2c(c1)OCO2. The summed E-state index contributed by atoms with van der Waals surface area (Å²) in [5.74, 6) is 2.70. The molecule has 5 rings (SSSR count). The molecule has 0 saturated heterocycles. The van der Waals surface area contributed by atoms with Gasteiger partial charge in [-0.05, 0) is 65.8 Å². The predicted molar refractivity (Wildman–Crippen MR) is 181 cm³/mol. The Labute approximate surface area is 280 Å². The van der Waals surface area contributed by atoms with Crippen molar-refractivity contribution in [3.8, 4) is 45.6 Å². The van der Waals surface area contributed by atoms with E-state index in [-0.39, 0.29) is 48.8 Å². The van der Waals surface area contributed by atoms with E-state index in [1.54, 1.807) is 38.5 Å². The topological polar surface area (TPSA) is 143 Å². The summed E-state index contributed by atoms with van der Waals surface area (Å²) >= 11 is 0. The maximum absolute atomic E-state index is 13.9. The lowest BCUT2D eigenvalue weighted by molar-refractivity contribution is -0.123. The Bertz CT molecular complexity index is 1730. The Kier molecular flexibility index (Phi) is 10.8. The summed E-state index contributed by atoms with van der Waals surface area (Å²) < 4.78 is 33.7. The second-order valence-electron chi connectivity index (χ2n) is 11.8. The first kappa shape index (κ1) is 34.2. The van der Waals surface area contributed by atoms with Crippen molar-refractivity contribution in [3.63, 3.8) is 0 Å². The number of hydrogen-bond acceptors (Lipinski definition) is 10. The molecule has 3 aromatic carbocycles. The van der Waals surface area contributed by atoms with Crippen molar-refractivity contribution in [2.45, 2.75) is 52.1 Å². The van der Waals surface area contributed by atoms with Gasteiger partial charge in [0.15, 0.2) is 23.0 Å². The molecule has 2 aliphatic rings. The van der Waals surface area contributed by atoms with E-state index in [1.165, 1.54) is 20.1 Å². The minimum absolute atomic E-state index is 0.104. The van der Waals surface area contributed by atoms with Gasteiger partial charge in [-0.25, -0.2) is 0 Å². The number of nitrogens with one attached hydrogen (secondary N) is 3. The second-order valence-corrected chi connectivity index (χ2v) is 11.8. The van der Waals surface area contributed by atoms with Crippen LogP contribution >= 0.6 is 0 Å². The molecule has 2 amide bonds. The van der Waals surface area contributed by atoms with Crippen molar-refractivity contribution in [2.24, 2.45) is 5.92 Å². The van der Waals surface area contributed by atoms with E-state index in [0.717, 1.165) is 11.1 Å². The van der Waals surface area contributed by atoms with Crippen LogP contribution in [0.3, 0.4) is 0 Å². The smallest absolute Gasteiger partial charge is 0.242 e. The van der Waals surface area contributed by atoms with Gasteiger partial charge >= 0.3 is 0 Å². The zero-order chi connectivity index (χ0) is 34.4. The van der Waals surface area contributed by atoms with Gasteiger partial charge in [-0.3, -0.25) is 14.4 Å². The number of carbonyl (C=O) groups excluding carboxylic acids is 2. The third kappa shape index (κ3) is 7.22. The van der Waals surface area contributed by atoms with E-state index < -0.39 is 12.1 Å². The Hall–Kier alpha value is -5.13. The number of fused-ring (bicyclic) bond motifs is 4. The highest BCUT2D eigenvalue weighted by molar-refractivity contribution is 5.86. The highest BCUT2D eigenvalue weighted by atomic mass is 16.7. The molecule has 1 heterocycles. The van der Waals surface area contributed by atoms with Crippen LogP contribution < -0.4 is 49.8 Å². The fourth-order valence-electron chi connectivity index (χ4n) is 6.12. The van der Waals surface area contributed by atoms with Crippen molar-refractivity contribution < 1.29 is 38.0 Å². The lowest BCUT2D eigenvalue weighted by Crippen LogP contribution is -2.45. The highest BCUT2D eigenvalue weighted by Gasteiger charge is 2.30. The number of anilines is 1. The number of aryl methyl sites for hydroxylation is 1. The fraction of sp³-hybridized carbons (Fsp3) is 0.417. The molecule has 0 fully saturated rings. The molecule has 3 atom stereocenters. The first-order chi connectivity index (χ1) is 23.2. The fourth-order valence-corrected chi connectivity index (χ4v) is 6.12. The van der Waals surface area contributed by atoms with Crippen LogP contribution in [-0.4, -0.2) is 59.1 Å². The third-order valence-corrected chi connectivity index (χ3v) is 8.74. The van der Waals surface area contributed by atoms with Gasteiger partial charge in [0, 0.05) is 18.6 Å². The molecule has 0 spiro atoms. The summed E-state index contributed by atoms with van der Waals surface area (Å²) in [4.78, 5) is 39.7. The lowest BCUT2D eigenvalue weighted by Gasteiger charge is -2.24. The summed E-state index contributed by atoms with van der Waals surface area (Å²) in [5.41, 5.74) is 2.95. The number of hydrogen-bond donors (Lipinski definition) is 3. The summed E-state index contributed by atoms with van der Waals surface area (Å²) in [6.45, 7) is 6.06. The Morgan fingerprint density at radius 3 is 2.46 bits per heavy atom. The predicted octanol–water partition coefficient (Wildman–Crippen LogP) is 4.61. The number of benzene rings is 2. The van der Waals surface area contributed by atoms with Gasteiger partial charge in [0.2, 0.25) is 29.8 Å². The van der Waals surface area contributed by atoms with Crippen LogP contribution in [0.4, 0.5) is 5.69 Å². The molecule has 1 aliphatic heterocycles. The van der Waals surface area contributed by atoms with E-state index in [1.807, 2.05) is 26.0 Å². The van der Waals surface area contributed by atoms with Crippen molar-refractivity contribution >= 4 is 17.5 Å². The molecule has 3 N–H and O–H groups in total. The molecule has 256 valence electrons. The van der Waals surface area contributed by atoms with E-state index in [2.05, 4.69) is 16.0 Å². The van der Waals surface area contributed by atoms with E-state index in [9.17, 15) is 14.4 Å². The van der Waals surface area contributed by atoms with Gasteiger partial charge in [0.25, 0.3) is 0 Å². The van der Waals surface area contributed by atoms with Crippen LogP contribution in [0.1, 0.15) is 50.8 Å². The summed E-state index contributed by atoms with van der Waals surface area (Å²) in [6, 6.07) is 11.1. The van der Waals surface area contributed by atoms with Crippen molar-refractivity contribution in [1.29, 1.82) is 0 Å². The molecule has 0 unspecified atom stereocenters. The van der Waals surface area contributed by atoms with Crippen LogP contribution in [-0.2, 0) is 16.0 Å². The first-order valence-electron chi connectivity index (χ1n) is 16.0. The van der Waals surface area contributed by atoms with Gasteiger partial charge in [0.1, 0.15) is 18.4 Å². The van der Waals surface area contributed by atoms with Crippen molar-refractivity contribution in [3.05, 3.63) is 63.8 Å². The van der Waals surface area contributed by atoms with E-state index in [4.69, 9.17) is 28.4 Å². The van der Waals surface area contributed by atoms with Crippen molar-refractivity contribution in [2.75, 3.05) is 46.6 Å². The van der Waals surface area contributed by atoms with Crippen LogP contribution in [0.2, 0.25) is 0 Å². The van der Waals surface area contributed by atoms with Gasteiger partial charge in [-0.1, -0.05) is 26.3 Å². The number of ether oxygens (including phenoxy) is 6. The Balaban J connectivity index is 1.44. The van der Waals surface area contributed by atoms with Gasteiger partial charge in [-0.2, -0.15) is 0 Å². The molecule has 12 nitrogen and oxygen atoms in total. The van der Waals surface area contributed by atoms with Crippen molar-refractivity contribution in [1.82, 2.24) is 10.6 Å². The van der Waals surface area contributed by atoms with Crippen LogP contribution in [0, 0.1) is 5.92 Å². The van der Waals surface area contributed by atoms with Gasteiger partial charge in [-0.15, -0.1) is 0 Å². The molecule has 1 aliphatic carbocycles. The van der Waals surface area contributed by atoms with Gasteiger partial charge < -0.3 is 44.4 Å². The number of methoxy groups -OCH3 is 3. The standard InChI is InChI=1S/C36H43N3O9/c1-7-20(2)33(36(42)37-14-15-46-23-9-13-29-30(17-23)48-19-47-29)39-27-12-10-24-25(18-28(27)41)26(38-21(3)40)11-8-22-16-31(43-4)34(44-5)35(45-6)32(22)24/h9-10,12-13,16-18,20,26,33H,7-8,11,14-15,19H2,1-6H3,(H,37,42)(H,38,40)(H,39,41)/t20-,26+,33+/m1/s1. The molecule has 3 aromatic rings. The van der Waals surface area contributed by atoms with Crippen LogP contribution in [0.25, 0.3) is 11.1 Å². The molecule has 0 saturated carbocycles. The molecule has 48 heavy (non-hydrogen) atoms. The minimum Gasteiger partial charge on any atom is -0.493 e. The Morgan fingerprint density at radius 1 is 0.979 bits per heavy atom. The maximum atomic E-state index is 13.9. The third-order valence-electron chi connectivity index (χ3n) is 8.74. The zero-order valence-corrected chi connectivity index (χ0v) is 28.2. The van der Waals surface area contributed by atoms with Crippen LogP contribution in [0.5, 0.6) is 34.5 Å². The molecular weight excluding hydrogens is 618 g/mol. The summed E-state index contributed by atoms with van der Waals surface area (Å²) in [7, 11) is 4.65. The summed E-state index contributed by atoms with van der Waals surface area (Å²) in [5, 5.41) is 9.19. The average Bonchev–Trinajstić information content (AvgIpc) is 3.43. The molecular formula is C36H43N3O9. The average molecular weight is 662 g/mol. The number of carbonyl (C=O) groups is 2. The Morgan fingerprint density at radius 2 is 1.75 bits per heavy atom. The van der Waals surface area contributed by atoms with Crippen LogP contribution in [0.15, 0.2) is 47.3 Å². The number of amides is 2. The van der Waals surface area contributed by atoms with E-state index >= 15 is 0 Å². The zero-order valence-electron chi connectivity index (χ0n) is 28.2. The second kappa shape index (κ2) is 15.2. The minimum atomic E-state index is -0.701. The molecule has 0 radical (unpaired) electrons. The number of rotatable bonds is 13. The molecule has 0 bridgehead atoms. The molecule has 0 aromatic heterocycles.